The lowest BCUT2D eigenvalue weighted by atomic mass is 10.1. The first-order valence-corrected chi connectivity index (χ1v) is 12.2. The molecule has 1 fully saturated rings. The molecule has 4 aromatic rings. The van der Waals surface area contributed by atoms with E-state index in [1.54, 1.807) is 11.3 Å². The summed E-state index contributed by atoms with van der Waals surface area (Å²) < 4.78 is 7.55. The monoisotopic (exact) mass is 458 g/mol. The van der Waals surface area contributed by atoms with Crippen LogP contribution in [-0.4, -0.2) is 53.2 Å². The molecule has 0 N–H and O–H groups in total. The number of imidazole rings is 1. The first-order valence-electron chi connectivity index (χ1n) is 11.4. The van der Waals surface area contributed by atoms with E-state index >= 15 is 0 Å². The number of amides is 1. The summed E-state index contributed by atoms with van der Waals surface area (Å²) >= 11 is 1.67. The van der Waals surface area contributed by atoms with Gasteiger partial charge in [0.05, 0.1) is 29.1 Å². The normalized spacial score (nSPS) is 16.3. The zero-order valence-electron chi connectivity index (χ0n) is 18.7. The van der Waals surface area contributed by atoms with Gasteiger partial charge in [0.25, 0.3) is 5.91 Å². The van der Waals surface area contributed by atoms with Gasteiger partial charge < -0.3 is 19.1 Å². The van der Waals surface area contributed by atoms with Gasteiger partial charge in [0.1, 0.15) is 5.82 Å². The van der Waals surface area contributed by atoms with Crippen LogP contribution in [0.25, 0.3) is 22.4 Å². The number of para-hydroxylation sites is 2. The Labute approximate surface area is 197 Å². The number of hydrogen-bond acceptors (Lipinski definition) is 5. The van der Waals surface area contributed by atoms with E-state index in [4.69, 9.17) is 9.72 Å². The molecule has 2 aliphatic heterocycles. The highest BCUT2D eigenvalue weighted by Gasteiger charge is 2.25. The van der Waals surface area contributed by atoms with Crippen molar-refractivity contribution in [2.75, 3.05) is 37.7 Å². The molecule has 2 aromatic heterocycles. The second kappa shape index (κ2) is 8.32. The molecular formula is C26H26N4O2S. The van der Waals surface area contributed by atoms with Gasteiger partial charge in [0, 0.05) is 49.4 Å². The Bertz CT molecular complexity index is 1340. The second-order valence-electron chi connectivity index (χ2n) is 8.67. The Hall–Kier alpha value is -3.16. The van der Waals surface area contributed by atoms with Crippen LogP contribution in [0.2, 0.25) is 0 Å². The topological polar surface area (TPSA) is 50.6 Å². The quantitative estimate of drug-likeness (QED) is 0.458. The van der Waals surface area contributed by atoms with Gasteiger partial charge in [0.15, 0.2) is 0 Å². The van der Waals surface area contributed by atoms with Crippen molar-refractivity contribution in [3.8, 4) is 11.4 Å². The maximum absolute atomic E-state index is 12.9. The van der Waals surface area contributed by atoms with E-state index in [0.29, 0.717) is 26.3 Å². The van der Waals surface area contributed by atoms with Crippen molar-refractivity contribution in [1.82, 2.24) is 14.5 Å². The van der Waals surface area contributed by atoms with Gasteiger partial charge in [-0.15, -0.1) is 11.3 Å². The Morgan fingerprint density at radius 3 is 2.73 bits per heavy atom. The van der Waals surface area contributed by atoms with E-state index < -0.39 is 0 Å². The minimum atomic E-state index is 0.146. The van der Waals surface area contributed by atoms with Crippen molar-refractivity contribution >= 4 is 34.0 Å². The fourth-order valence-corrected chi connectivity index (χ4v) is 5.96. The van der Waals surface area contributed by atoms with Crippen LogP contribution in [0.5, 0.6) is 0 Å². The predicted octanol–water partition coefficient (Wildman–Crippen LogP) is 4.34. The summed E-state index contributed by atoms with van der Waals surface area (Å²) in [6, 6.07) is 19.0. The molecule has 168 valence electrons. The summed E-state index contributed by atoms with van der Waals surface area (Å²) in [7, 11) is 2.07. The maximum Gasteiger partial charge on any atom is 0.264 e. The van der Waals surface area contributed by atoms with Crippen molar-refractivity contribution in [1.29, 1.82) is 0 Å². The number of benzene rings is 2. The number of thiophene rings is 1. The molecule has 0 spiro atoms. The molecule has 0 saturated carbocycles. The van der Waals surface area contributed by atoms with Gasteiger partial charge in [-0.25, -0.2) is 4.98 Å². The van der Waals surface area contributed by atoms with E-state index in [9.17, 15) is 4.79 Å². The standard InChI is InChI=1S/C26H26N4O2S/c1-28-22-8-3-2-7-21(22)27-25(28)18-5-4-6-20(15-18)30-10-9-23-19(17-30)16-24(33-23)26(31)29-11-13-32-14-12-29/h2-8,15-16H,9-14,17H2,1H3. The number of hydrogen-bond donors (Lipinski definition) is 0. The van der Waals surface area contributed by atoms with Crippen LogP contribution in [0, 0.1) is 0 Å². The van der Waals surface area contributed by atoms with E-state index in [1.807, 2.05) is 11.0 Å². The number of nitrogens with zero attached hydrogens (tertiary/aromatic N) is 4. The highest BCUT2D eigenvalue weighted by atomic mass is 32.1. The summed E-state index contributed by atoms with van der Waals surface area (Å²) in [6.45, 7) is 4.41. The van der Waals surface area contributed by atoms with Crippen molar-refractivity contribution in [2.24, 2.45) is 7.05 Å². The van der Waals surface area contributed by atoms with Gasteiger partial charge in [-0.3, -0.25) is 4.79 Å². The van der Waals surface area contributed by atoms with Crippen LogP contribution in [0.4, 0.5) is 5.69 Å². The largest absolute Gasteiger partial charge is 0.378 e. The third-order valence-corrected chi connectivity index (χ3v) is 7.86. The zero-order valence-corrected chi connectivity index (χ0v) is 19.5. The maximum atomic E-state index is 12.9. The van der Waals surface area contributed by atoms with Crippen LogP contribution in [-0.2, 0) is 24.8 Å². The third-order valence-electron chi connectivity index (χ3n) is 6.63. The molecule has 0 bridgehead atoms. The number of rotatable bonds is 3. The lowest BCUT2D eigenvalue weighted by Crippen LogP contribution is -2.40. The third kappa shape index (κ3) is 3.71. The Morgan fingerprint density at radius 1 is 1.03 bits per heavy atom. The molecule has 0 radical (unpaired) electrons. The number of aryl methyl sites for hydroxylation is 1. The molecule has 33 heavy (non-hydrogen) atoms. The smallest absolute Gasteiger partial charge is 0.264 e. The number of carbonyl (C=O) groups excluding carboxylic acids is 1. The Balaban J connectivity index is 1.25. The molecular weight excluding hydrogens is 432 g/mol. The highest BCUT2D eigenvalue weighted by molar-refractivity contribution is 7.14. The van der Waals surface area contributed by atoms with E-state index in [1.165, 1.54) is 16.1 Å². The molecule has 2 aromatic carbocycles. The molecule has 4 heterocycles. The number of carbonyl (C=O) groups is 1. The first kappa shape index (κ1) is 20.4. The van der Waals surface area contributed by atoms with Crippen molar-refractivity contribution in [3.63, 3.8) is 0 Å². The molecule has 1 saturated heterocycles. The van der Waals surface area contributed by atoms with E-state index in [-0.39, 0.29) is 5.91 Å². The van der Waals surface area contributed by atoms with Gasteiger partial charge >= 0.3 is 0 Å². The van der Waals surface area contributed by atoms with Crippen LogP contribution < -0.4 is 4.90 Å². The number of aromatic nitrogens is 2. The van der Waals surface area contributed by atoms with Crippen molar-refractivity contribution in [3.05, 3.63) is 69.9 Å². The SMILES string of the molecule is Cn1c(-c2cccc(N3CCc4sc(C(=O)N5CCOCC5)cc4C3)c2)nc2ccccc21. The summed E-state index contributed by atoms with van der Waals surface area (Å²) in [5, 5.41) is 0. The van der Waals surface area contributed by atoms with E-state index in [2.05, 4.69) is 65.0 Å². The fraction of sp³-hybridized carbons (Fsp3) is 0.308. The Kier molecular flexibility index (Phi) is 5.15. The average Bonchev–Trinajstić information content (AvgIpc) is 3.45. The van der Waals surface area contributed by atoms with Crippen LogP contribution in [0.1, 0.15) is 20.1 Å². The van der Waals surface area contributed by atoms with Crippen LogP contribution >= 0.6 is 11.3 Å². The van der Waals surface area contributed by atoms with Crippen LogP contribution in [0.3, 0.4) is 0 Å². The fourth-order valence-electron chi connectivity index (χ4n) is 4.83. The van der Waals surface area contributed by atoms with Crippen molar-refractivity contribution < 1.29 is 9.53 Å². The van der Waals surface area contributed by atoms with Gasteiger partial charge in [-0.05, 0) is 42.3 Å². The lowest BCUT2D eigenvalue weighted by Gasteiger charge is -2.29. The first-order chi connectivity index (χ1) is 16.2. The van der Waals surface area contributed by atoms with E-state index in [0.717, 1.165) is 46.8 Å². The zero-order chi connectivity index (χ0) is 22.4. The minimum absolute atomic E-state index is 0.146. The van der Waals surface area contributed by atoms with Crippen molar-refractivity contribution in [2.45, 2.75) is 13.0 Å². The number of ether oxygens (including phenoxy) is 1. The molecule has 0 atom stereocenters. The van der Waals surface area contributed by atoms with Gasteiger partial charge in [0.2, 0.25) is 0 Å². The number of morpholine rings is 1. The molecule has 1 amide bonds. The molecule has 6 nitrogen and oxygen atoms in total. The Morgan fingerprint density at radius 2 is 1.88 bits per heavy atom. The predicted molar refractivity (Wildman–Crippen MR) is 132 cm³/mol. The summed E-state index contributed by atoms with van der Waals surface area (Å²) in [5.74, 6) is 1.12. The summed E-state index contributed by atoms with van der Waals surface area (Å²) in [4.78, 5) is 24.3. The minimum Gasteiger partial charge on any atom is -0.378 e. The molecule has 0 unspecified atom stereocenters. The molecule has 7 heteroatoms. The summed E-state index contributed by atoms with van der Waals surface area (Å²) in [6.07, 6.45) is 0.965. The average molecular weight is 459 g/mol. The van der Waals surface area contributed by atoms with Gasteiger partial charge in [-0.1, -0.05) is 24.3 Å². The molecule has 0 aliphatic carbocycles. The second-order valence-corrected chi connectivity index (χ2v) is 9.81. The lowest BCUT2D eigenvalue weighted by molar-refractivity contribution is 0.0306. The van der Waals surface area contributed by atoms with Gasteiger partial charge in [-0.2, -0.15) is 0 Å². The summed E-state index contributed by atoms with van der Waals surface area (Å²) in [5.41, 5.74) is 5.73. The number of anilines is 1. The van der Waals surface area contributed by atoms with Crippen LogP contribution in [0.15, 0.2) is 54.6 Å². The number of fused-ring (bicyclic) bond motifs is 2. The molecule has 2 aliphatic rings. The molecule has 6 rings (SSSR count). The highest BCUT2D eigenvalue weighted by Crippen LogP contribution is 2.33.